The van der Waals surface area contributed by atoms with Crippen molar-refractivity contribution in [2.75, 3.05) is 32.1 Å². The Kier molecular flexibility index (Phi) is 7.77. The number of hydrogen-bond donors (Lipinski definition) is 2. The smallest absolute Gasteiger partial charge is 0.238 e. The number of rotatable bonds is 9. The highest BCUT2D eigenvalue weighted by molar-refractivity contribution is 7.99. The predicted octanol–water partition coefficient (Wildman–Crippen LogP) is 3.04. The van der Waals surface area contributed by atoms with Gasteiger partial charge < -0.3 is 15.4 Å². The van der Waals surface area contributed by atoms with Gasteiger partial charge in [-0.25, -0.2) is 0 Å². The molecule has 1 aromatic carbocycles. The molecule has 4 nitrogen and oxygen atoms in total. The van der Waals surface area contributed by atoms with Crippen molar-refractivity contribution in [3.05, 3.63) is 29.8 Å². The molecule has 1 aromatic rings. The van der Waals surface area contributed by atoms with Gasteiger partial charge in [-0.15, -0.1) is 0 Å². The average molecular weight is 322 g/mol. The number of nitrogens with one attached hydrogen (secondary N) is 2. The van der Waals surface area contributed by atoms with Crippen LogP contribution in [0, 0.1) is 0 Å². The van der Waals surface area contributed by atoms with Gasteiger partial charge in [0.2, 0.25) is 5.91 Å². The summed E-state index contributed by atoms with van der Waals surface area (Å²) in [4.78, 5) is 11.8. The van der Waals surface area contributed by atoms with Crippen LogP contribution in [0.1, 0.15) is 31.2 Å². The molecule has 0 spiro atoms. The summed E-state index contributed by atoms with van der Waals surface area (Å²) in [6.07, 6.45) is 5.47. The molecule has 0 unspecified atom stereocenters. The Hall–Kier alpha value is -1.04. The zero-order valence-corrected chi connectivity index (χ0v) is 14.1. The molecule has 0 bridgehead atoms. The third-order valence-electron chi connectivity index (χ3n) is 3.77. The van der Waals surface area contributed by atoms with Crippen LogP contribution in [0.15, 0.2) is 24.3 Å². The third-order valence-corrected chi connectivity index (χ3v) is 5.21. The fourth-order valence-corrected chi connectivity index (χ4v) is 3.86. The van der Waals surface area contributed by atoms with Gasteiger partial charge >= 0.3 is 0 Å². The minimum absolute atomic E-state index is 0.0169. The number of thioether (sulfide) groups is 1. The maximum absolute atomic E-state index is 11.8. The van der Waals surface area contributed by atoms with Crippen LogP contribution >= 0.6 is 11.8 Å². The molecule has 0 aliphatic heterocycles. The second kappa shape index (κ2) is 9.87. The van der Waals surface area contributed by atoms with Gasteiger partial charge in [0, 0.05) is 30.3 Å². The standard InChI is InChI=1S/C17H26N2O2S/c1-21-10-9-18-12-17(20)19-15-6-4-5-14(11-15)13-22-16-7-2-3-8-16/h4-6,11,16,18H,2-3,7-10,12-13H2,1H3,(H,19,20). The molecular formula is C17H26N2O2S. The highest BCUT2D eigenvalue weighted by atomic mass is 32.2. The molecular weight excluding hydrogens is 296 g/mol. The number of ether oxygens (including phenoxy) is 1. The van der Waals surface area contributed by atoms with Gasteiger partial charge in [-0.1, -0.05) is 25.0 Å². The molecule has 5 heteroatoms. The third kappa shape index (κ3) is 6.38. The van der Waals surface area contributed by atoms with Crippen molar-refractivity contribution < 1.29 is 9.53 Å². The van der Waals surface area contributed by atoms with Gasteiger partial charge in [-0.05, 0) is 30.5 Å². The second-order valence-electron chi connectivity index (χ2n) is 5.64. The minimum Gasteiger partial charge on any atom is -0.383 e. The molecule has 2 rings (SSSR count). The molecule has 22 heavy (non-hydrogen) atoms. The Bertz CT molecular complexity index is 462. The second-order valence-corrected chi connectivity index (χ2v) is 6.92. The Balaban J connectivity index is 1.74. The molecule has 122 valence electrons. The van der Waals surface area contributed by atoms with Crippen LogP contribution in [0.25, 0.3) is 0 Å². The first-order valence-electron chi connectivity index (χ1n) is 7.98. The first-order chi connectivity index (χ1) is 10.8. The van der Waals surface area contributed by atoms with E-state index in [-0.39, 0.29) is 5.91 Å². The van der Waals surface area contributed by atoms with E-state index in [0.29, 0.717) is 19.7 Å². The summed E-state index contributed by atoms with van der Waals surface area (Å²) in [5.41, 5.74) is 2.16. The summed E-state index contributed by atoms with van der Waals surface area (Å²) >= 11 is 2.05. The van der Waals surface area contributed by atoms with E-state index in [4.69, 9.17) is 4.74 Å². The van der Waals surface area contributed by atoms with Gasteiger partial charge in [-0.3, -0.25) is 4.79 Å². The number of methoxy groups -OCH3 is 1. The fraction of sp³-hybridized carbons (Fsp3) is 0.588. The fourth-order valence-electron chi connectivity index (χ4n) is 2.59. The van der Waals surface area contributed by atoms with E-state index in [0.717, 1.165) is 16.7 Å². The van der Waals surface area contributed by atoms with Crippen molar-refractivity contribution in [3.63, 3.8) is 0 Å². The number of carbonyl (C=O) groups is 1. The van der Waals surface area contributed by atoms with E-state index in [9.17, 15) is 4.79 Å². The van der Waals surface area contributed by atoms with Crippen LogP contribution in [0.5, 0.6) is 0 Å². The summed E-state index contributed by atoms with van der Waals surface area (Å²) < 4.78 is 4.93. The maximum atomic E-state index is 11.8. The normalized spacial score (nSPS) is 15.1. The van der Waals surface area contributed by atoms with E-state index < -0.39 is 0 Å². The summed E-state index contributed by atoms with van der Waals surface area (Å²) in [6, 6.07) is 8.17. The van der Waals surface area contributed by atoms with E-state index >= 15 is 0 Å². The lowest BCUT2D eigenvalue weighted by atomic mass is 10.2. The molecule has 1 aliphatic carbocycles. The largest absolute Gasteiger partial charge is 0.383 e. The van der Waals surface area contributed by atoms with Crippen LogP contribution < -0.4 is 10.6 Å². The monoisotopic (exact) mass is 322 g/mol. The van der Waals surface area contributed by atoms with Crippen molar-refractivity contribution >= 4 is 23.4 Å². The van der Waals surface area contributed by atoms with Gasteiger partial charge in [-0.2, -0.15) is 11.8 Å². The molecule has 1 saturated carbocycles. The SMILES string of the molecule is COCCNCC(=O)Nc1cccc(CSC2CCCC2)c1. The quantitative estimate of drug-likeness (QED) is 0.686. The lowest BCUT2D eigenvalue weighted by molar-refractivity contribution is -0.115. The number of benzene rings is 1. The molecule has 2 N–H and O–H groups in total. The van der Waals surface area contributed by atoms with E-state index in [1.165, 1.54) is 31.2 Å². The zero-order valence-electron chi connectivity index (χ0n) is 13.3. The molecule has 0 radical (unpaired) electrons. The van der Waals surface area contributed by atoms with E-state index in [2.05, 4.69) is 22.8 Å². The van der Waals surface area contributed by atoms with Crippen LogP contribution in [-0.4, -0.2) is 38.0 Å². The Morgan fingerprint density at radius 1 is 1.36 bits per heavy atom. The van der Waals surface area contributed by atoms with Gasteiger partial charge in [0.1, 0.15) is 0 Å². The predicted molar refractivity (Wildman–Crippen MR) is 93.4 cm³/mol. The lowest BCUT2D eigenvalue weighted by Crippen LogP contribution is -2.30. The van der Waals surface area contributed by atoms with Gasteiger partial charge in [0.05, 0.1) is 13.2 Å². The van der Waals surface area contributed by atoms with Crippen molar-refractivity contribution in [2.24, 2.45) is 0 Å². The summed E-state index contributed by atoms with van der Waals surface area (Å²) in [5, 5.41) is 6.80. The summed E-state index contributed by atoms with van der Waals surface area (Å²) in [7, 11) is 1.65. The molecule has 0 atom stereocenters. The molecule has 1 amide bonds. The number of carbonyl (C=O) groups excluding carboxylic acids is 1. The number of anilines is 1. The highest BCUT2D eigenvalue weighted by Crippen LogP contribution is 2.31. The molecule has 1 fully saturated rings. The number of amides is 1. The van der Waals surface area contributed by atoms with E-state index in [1.54, 1.807) is 7.11 Å². The Morgan fingerprint density at radius 2 is 2.18 bits per heavy atom. The van der Waals surface area contributed by atoms with Crippen molar-refractivity contribution in [1.82, 2.24) is 5.32 Å². The van der Waals surface area contributed by atoms with E-state index in [1.807, 2.05) is 23.9 Å². The zero-order chi connectivity index (χ0) is 15.6. The Labute approximate surface area is 137 Å². The first-order valence-corrected chi connectivity index (χ1v) is 9.03. The molecule has 0 aromatic heterocycles. The first kappa shape index (κ1) is 17.3. The topological polar surface area (TPSA) is 50.4 Å². The maximum Gasteiger partial charge on any atom is 0.238 e. The van der Waals surface area contributed by atoms with Gasteiger partial charge in [0.25, 0.3) is 0 Å². The van der Waals surface area contributed by atoms with Gasteiger partial charge in [0.15, 0.2) is 0 Å². The lowest BCUT2D eigenvalue weighted by Gasteiger charge is -2.10. The summed E-state index contributed by atoms with van der Waals surface area (Å²) in [6.45, 7) is 1.60. The molecule has 0 saturated heterocycles. The Morgan fingerprint density at radius 3 is 2.95 bits per heavy atom. The summed E-state index contributed by atoms with van der Waals surface area (Å²) in [5.74, 6) is 1.01. The average Bonchev–Trinajstić information content (AvgIpc) is 3.03. The van der Waals surface area contributed by atoms with Crippen molar-refractivity contribution in [1.29, 1.82) is 0 Å². The molecule has 1 aliphatic rings. The van der Waals surface area contributed by atoms with Crippen LogP contribution in [0.4, 0.5) is 5.69 Å². The highest BCUT2D eigenvalue weighted by Gasteiger charge is 2.15. The van der Waals surface area contributed by atoms with Crippen molar-refractivity contribution in [2.45, 2.75) is 36.7 Å². The van der Waals surface area contributed by atoms with Crippen molar-refractivity contribution in [3.8, 4) is 0 Å². The number of hydrogen-bond acceptors (Lipinski definition) is 4. The van der Waals surface area contributed by atoms with Crippen LogP contribution in [0.2, 0.25) is 0 Å². The minimum atomic E-state index is -0.0169. The van der Waals surface area contributed by atoms with Crippen LogP contribution in [0.3, 0.4) is 0 Å². The van der Waals surface area contributed by atoms with Crippen LogP contribution in [-0.2, 0) is 15.3 Å². The molecule has 0 heterocycles.